The van der Waals surface area contributed by atoms with Crippen LogP contribution in [0.25, 0.3) is 15.3 Å². The van der Waals surface area contributed by atoms with E-state index in [0.717, 1.165) is 15.3 Å². The van der Waals surface area contributed by atoms with E-state index in [2.05, 4.69) is 4.98 Å². The van der Waals surface area contributed by atoms with E-state index in [1.54, 1.807) is 18.2 Å². The van der Waals surface area contributed by atoms with Gasteiger partial charge in [0.25, 0.3) is 0 Å². The molecule has 0 aliphatic rings. The van der Waals surface area contributed by atoms with Gasteiger partial charge in [0.15, 0.2) is 5.13 Å². The van der Waals surface area contributed by atoms with Gasteiger partial charge in [0.05, 0.1) is 15.8 Å². The number of aromatic carboxylic acids is 1. The van der Waals surface area contributed by atoms with Gasteiger partial charge in [-0.15, -0.1) is 0 Å². The molecule has 2 aromatic heterocycles. The molecule has 0 aliphatic heterocycles. The molecule has 4 nitrogen and oxygen atoms in total. The monoisotopic (exact) mass is 244 g/mol. The molecule has 0 bridgehead atoms. The molecule has 0 fully saturated rings. The average Bonchev–Trinajstić information content (AvgIpc) is 2.96. The smallest absolute Gasteiger partial charge is 0.335 e. The Morgan fingerprint density at radius 3 is 2.76 bits per heavy atom. The maximum absolute atomic E-state index is 10.9. The molecule has 0 atom stereocenters. The summed E-state index contributed by atoms with van der Waals surface area (Å²) in [5, 5.41) is 9.75. The minimum Gasteiger partial charge on any atom is -0.478 e. The molecule has 5 heteroatoms. The van der Waals surface area contributed by atoms with Crippen LogP contribution in [0.3, 0.4) is 0 Å². The number of carboxylic acid groups (broad SMARTS) is 1. The number of hydrogen-bond donors (Lipinski definition) is 1. The van der Waals surface area contributed by atoms with Crippen LogP contribution in [0.2, 0.25) is 0 Å². The van der Waals surface area contributed by atoms with Gasteiger partial charge in [-0.05, 0) is 30.3 Å². The van der Waals surface area contributed by atoms with Crippen molar-refractivity contribution in [2.24, 2.45) is 0 Å². The van der Waals surface area contributed by atoms with E-state index in [1.165, 1.54) is 11.3 Å². The van der Waals surface area contributed by atoms with Gasteiger partial charge in [0.1, 0.15) is 0 Å². The van der Waals surface area contributed by atoms with Crippen molar-refractivity contribution in [1.82, 2.24) is 9.55 Å². The fourth-order valence-corrected chi connectivity index (χ4v) is 2.59. The molecule has 0 radical (unpaired) electrons. The van der Waals surface area contributed by atoms with Crippen LogP contribution < -0.4 is 0 Å². The Hall–Kier alpha value is -2.14. The number of benzene rings is 1. The molecule has 0 aliphatic carbocycles. The fourth-order valence-electron chi connectivity index (χ4n) is 1.62. The van der Waals surface area contributed by atoms with Crippen molar-refractivity contribution in [3.05, 3.63) is 48.3 Å². The third-order valence-corrected chi connectivity index (χ3v) is 3.48. The molecular formula is C12H8N2O2S. The molecule has 0 unspecified atom stereocenters. The average molecular weight is 244 g/mol. The first-order chi connectivity index (χ1) is 8.24. The van der Waals surface area contributed by atoms with E-state index in [4.69, 9.17) is 5.11 Å². The lowest BCUT2D eigenvalue weighted by molar-refractivity contribution is 0.0697. The summed E-state index contributed by atoms with van der Waals surface area (Å²) >= 11 is 1.48. The number of fused-ring (bicyclic) bond motifs is 1. The van der Waals surface area contributed by atoms with Crippen LogP contribution >= 0.6 is 11.3 Å². The van der Waals surface area contributed by atoms with Crippen LogP contribution in [0.15, 0.2) is 42.7 Å². The summed E-state index contributed by atoms with van der Waals surface area (Å²) in [5.74, 6) is -0.914. The summed E-state index contributed by atoms with van der Waals surface area (Å²) in [6, 6.07) is 8.82. The largest absolute Gasteiger partial charge is 0.478 e. The van der Waals surface area contributed by atoms with E-state index in [-0.39, 0.29) is 0 Å². The molecular weight excluding hydrogens is 236 g/mol. The van der Waals surface area contributed by atoms with E-state index in [1.807, 2.05) is 29.1 Å². The number of rotatable bonds is 2. The number of carbonyl (C=O) groups is 1. The highest BCUT2D eigenvalue weighted by atomic mass is 32.1. The number of nitrogens with zero attached hydrogens (tertiary/aromatic N) is 2. The molecule has 0 spiro atoms. The summed E-state index contributed by atoms with van der Waals surface area (Å²) in [4.78, 5) is 15.3. The minimum absolute atomic E-state index is 0.292. The van der Waals surface area contributed by atoms with Gasteiger partial charge < -0.3 is 9.67 Å². The van der Waals surface area contributed by atoms with Crippen LogP contribution in [-0.2, 0) is 0 Å². The second-order valence-corrected chi connectivity index (χ2v) is 4.58. The second-order valence-electron chi connectivity index (χ2n) is 3.57. The van der Waals surface area contributed by atoms with Crippen molar-refractivity contribution in [2.45, 2.75) is 0 Å². The summed E-state index contributed by atoms with van der Waals surface area (Å²) in [5.41, 5.74) is 1.11. The third-order valence-electron chi connectivity index (χ3n) is 2.45. The first-order valence-corrected chi connectivity index (χ1v) is 5.83. The Labute approximate surface area is 101 Å². The van der Waals surface area contributed by atoms with E-state index >= 15 is 0 Å². The lowest BCUT2D eigenvalue weighted by Crippen LogP contribution is -1.94. The molecule has 17 heavy (non-hydrogen) atoms. The Kier molecular flexibility index (Phi) is 2.19. The summed E-state index contributed by atoms with van der Waals surface area (Å²) in [6.45, 7) is 0. The Bertz CT molecular complexity index is 686. The maximum atomic E-state index is 10.9. The van der Waals surface area contributed by atoms with Gasteiger partial charge >= 0.3 is 5.97 Å². The summed E-state index contributed by atoms with van der Waals surface area (Å²) in [7, 11) is 0. The first kappa shape index (κ1) is 10.0. The molecule has 1 aromatic carbocycles. The molecule has 0 saturated carbocycles. The van der Waals surface area contributed by atoms with Crippen LogP contribution in [0, 0.1) is 0 Å². The standard InChI is InChI=1S/C12H8N2O2S/c15-11(16)8-3-4-9-10(7-8)17-12(13-9)14-5-1-2-6-14/h1-7H,(H,15,16). The van der Waals surface area contributed by atoms with E-state index in [0.29, 0.717) is 5.56 Å². The van der Waals surface area contributed by atoms with E-state index < -0.39 is 5.97 Å². The topological polar surface area (TPSA) is 55.1 Å². The highest BCUT2D eigenvalue weighted by Gasteiger charge is 2.08. The van der Waals surface area contributed by atoms with Crippen molar-refractivity contribution in [2.75, 3.05) is 0 Å². The number of aromatic nitrogens is 2. The van der Waals surface area contributed by atoms with Crippen LogP contribution in [0.1, 0.15) is 10.4 Å². The van der Waals surface area contributed by atoms with Gasteiger partial charge in [-0.2, -0.15) is 0 Å². The number of hydrogen-bond acceptors (Lipinski definition) is 3. The van der Waals surface area contributed by atoms with Crippen molar-refractivity contribution < 1.29 is 9.90 Å². The van der Waals surface area contributed by atoms with Crippen molar-refractivity contribution in [3.8, 4) is 5.13 Å². The summed E-state index contributed by atoms with van der Waals surface area (Å²) in [6.07, 6.45) is 3.83. The minimum atomic E-state index is -0.914. The number of carboxylic acids is 1. The lowest BCUT2D eigenvalue weighted by atomic mass is 10.2. The normalized spacial score (nSPS) is 10.8. The van der Waals surface area contributed by atoms with Gasteiger partial charge in [-0.3, -0.25) is 0 Å². The first-order valence-electron chi connectivity index (χ1n) is 5.01. The van der Waals surface area contributed by atoms with Crippen LogP contribution in [0.5, 0.6) is 0 Å². The molecule has 84 valence electrons. The van der Waals surface area contributed by atoms with Crippen molar-refractivity contribution in [3.63, 3.8) is 0 Å². The van der Waals surface area contributed by atoms with Gasteiger partial charge in [-0.1, -0.05) is 11.3 Å². The highest BCUT2D eigenvalue weighted by Crippen LogP contribution is 2.25. The predicted octanol–water partition coefficient (Wildman–Crippen LogP) is 2.79. The van der Waals surface area contributed by atoms with Gasteiger partial charge in [-0.25, -0.2) is 9.78 Å². The lowest BCUT2D eigenvalue weighted by Gasteiger charge is -1.92. The van der Waals surface area contributed by atoms with Crippen molar-refractivity contribution >= 4 is 27.5 Å². The molecule has 3 rings (SSSR count). The fraction of sp³-hybridized carbons (Fsp3) is 0. The zero-order valence-electron chi connectivity index (χ0n) is 8.70. The molecule has 2 heterocycles. The highest BCUT2D eigenvalue weighted by molar-refractivity contribution is 7.20. The molecule has 0 amide bonds. The van der Waals surface area contributed by atoms with Gasteiger partial charge in [0, 0.05) is 12.4 Å². The van der Waals surface area contributed by atoms with Crippen LogP contribution in [0.4, 0.5) is 0 Å². The molecule has 1 N–H and O–H groups in total. The molecule has 0 saturated heterocycles. The summed E-state index contributed by atoms with van der Waals surface area (Å²) < 4.78 is 2.79. The van der Waals surface area contributed by atoms with Crippen LogP contribution in [-0.4, -0.2) is 20.6 Å². The SMILES string of the molecule is O=C(O)c1ccc2nc(-n3cccc3)sc2c1. The number of thiazole rings is 1. The quantitative estimate of drug-likeness (QED) is 0.754. The van der Waals surface area contributed by atoms with Crippen molar-refractivity contribution in [1.29, 1.82) is 0 Å². The Morgan fingerprint density at radius 2 is 2.06 bits per heavy atom. The zero-order chi connectivity index (χ0) is 11.8. The Balaban J connectivity index is 2.16. The third kappa shape index (κ3) is 1.70. The second kappa shape index (κ2) is 3.71. The van der Waals surface area contributed by atoms with E-state index in [9.17, 15) is 4.79 Å². The van der Waals surface area contributed by atoms with Gasteiger partial charge in [0.2, 0.25) is 0 Å². The predicted molar refractivity (Wildman–Crippen MR) is 65.9 cm³/mol. The Morgan fingerprint density at radius 1 is 1.29 bits per heavy atom. The maximum Gasteiger partial charge on any atom is 0.335 e. The molecule has 3 aromatic rings. The zero-order valence-corrected chi connectivity index (χ0v) is 9.52.